The monoisotopic (exact) mass is 357 g/mol. The van der Waals surface area contributed by atoms with Gasteiger partial charge in [-0.2, -0.15) is 0 Å². The lowest BCUT2D eigenvalue weighted by Gasteiger charge is -2.19. The Labute approximate surface area is 154 Å². The van der Waals surface area contributed by atoms with E-state index in [0.29, 0.717) is 12.1 Å². The average Bonchev–Trinajstić information content (AvgIpc) is 2.84. The molecule has 0 atom stereocenters. The van der Waals surface area contributed by atoms with Crippen LogP contribution in [-0.2, 0) is 27.3 Å². The van der Waals surface area contributed by atoms with E-state index in [1.807, 2.05) is 65.0 Å². The Balaban J connectivity index is 2.00. The van der Waals surface area contributed by atoms with Crippen molar-refractivity contribution in [1.29, 1.82) is 0 Å². The molecule has 0 aliphatic rings. The van der Waals surface area contributed by atoms with Crippen molar-refractivity contribution in [3.63, 3.8) is 0 Å². The number of rotatable bonds is 6. The molecule has 1 aromatic carbocycles. The van der Waals surface area contributed by atoms with Crippen LogP contribution in [0.3, 0.4) is 0 Å². The first-order chi connectivity index (χ1) is 12.2. The first-order valence-electron chi connectivity index (χ1n) is 8.78. The van der Waals surface area contributed by atoms with Crippen LogP contribution in [0.4, 0.5) is 0 Å². The van der Waals surface area contributed by atoms with Gasteiger partial charge < -0.3 is 14.5 Å². The number of benzene rings is 1. The van der Waals surface area contributed by atoms with Gasteiger partial charge in [-0.25, -0.2) is 4.79 Å². The molecule has 2 rings (SSSR count). The number of carbonyl (C=O) groups excluding carboxylic acids is 2. The van der Waals surface area contributed by atoms with Gasteiger partial charge in [0.05, 0.1) is 0 Å². The lowest BCUT2D eigenvalue weighted by molar-refractivity contribution is -0.154. The number of ether oxygens (including phenoxy) is 2. The molecule has 0 aliphatic carbocycles. The van der Waals surface area contributed by atoms with Crippen molar-refractivity contribution < 1.29 is 19.1 Å². The van der Waals surface area contributed by atoms with Crippen molar-refractivity contribution >= 4 is 11.9 Å². The highest BCUT2D eigenvalue weighted by molar-refractivity contribution is 5.90. The summed E-state index contributed by atoms with van der Waals surface area (Å²) in [5.41, 5.74) is 3.54. The van der Waals surface area contributed by atoms with E-state index in [1.54, 1.807) is 0 Å². The van der Waals surface area contributed by atoms with Crippen molar-refractivity contribution in [2.75, 3.05) is 0 Å². The molecule has 1 heterocycles. The fraction of sp³-hybridized carbons (Fsp3) is 0.429. The lowest BCUT2D eigenvalue weighted by Crippen LogP contribution is -2.24. The van der Waals surface area contributed by atoms with Gasteiger partial charge in [0.15, 0.2) is 0 Å². The van der Waals surface area contributed by atoms with Gasteiger partial charge in [0, 0.05) is 12.1 Å². The summed E-state index contributed by atoms with van der Waals surface area (Å²) in [7, 11) is 0. The van der Waals surface area contributed by atoms with Gasteiger partial charge in [-0.15, -0.1) is 0 Å². The van der Waals surface area contributed by atoms with Crippen molar-refractivity contribution in [1.82, 2.24) is 4.98 Å². The third kappa shape index (κ3) is 5.48. The Bertz CT molecular complexity index is 769. The van der Waals surface area contributed by atoms with Gasteiger partial charge in [-0.3, -0.25) is 4.79 Å². The molecule has 0 bridgehead atoms. The third-order valence-corrected chi connectivity index (χ3v) is 4.01. The number of esters is 2. The van der Waals surface area contributed by atoms with Gasteiger partial charge in [-0.1, -0.05) is 30.3 Å². The molecule has 0 amide bonds. The molecule has 0 aliphatic heterocycles. The normalized spacial score (nSPS) is 11.3. The van der Waals surface area contributed by atoms with Crippen LogP contribution in [0.25, 0.3) is 0 Å². The summed E-state index contributed by atoms with van der Waals surface area (Å²) < 4.78 is 10.7. The zero-order chi connectivity index (χ0) is 19.3. The van der Waals surface area contributed by atoms with Crippen LogP contribution in [-0.4, -0.2) is 22.5 Å². The summed E-state index contributed by atoms with van der Waals surface area (Å²) in [4.78, 5) is 27.4. The van der Waals surface area contributed by atoms with E-state index in [2.05, 4.69) is 4.98 Å². The molecule has 0 spiro atoms. The Hall–Kier alpha value is -2.56. The van der Waals surface area contributed by atoms with Crippen molar-refractivity contribution in [2.45, 2.75) is 59.7 Å². The molecular weight excluding hydrogens is 330 g/mol. The molecule has 0 unspecified atom stereocenters. The van der Waals surface area contributed by atoms with Gasteiger partial charge in [0.2, 0.25) is 0 Å². The molecule has 140 valence electrons. The first kappa shape index (κ1) is 19.8. The Morgan fingerprint density at radius 3 is 2.35 bits per heavy atom. The van der Waals surface area contributed by atoms with E-state index in [-0.39, 0.29) is 19.0 Å². The predicted octanol–water partition coefficient (Wildman–Crippen LogP) is 4.26. The fourth-order valence-electron chi connectivity index (χ4n) is 2.78. The topological polar surface area (TPSA) is 68.4 Å². The van der Waals surface area contributed by atoms with E-state index >= 15 is 0 Å². The Morgan fingerprint density at radius 1 is 1.08 bits per heavy atom. The molecule has 0 fully saturated rings. The maximum absolute atomic E-state index is 12.4. The van der Waals surface area contributed by atoms with Gasteiger partial charge in [0.25, 0.3) is 0 Å². The number of hydrogen-bond donors (Lipinski definition) is 1. The molecule has 26 heavy (non-hydrogen) atoms. The number of aromatic amines is 1. The minimum absolute atomic E-state index is 0.227. The summed E-state index contributed by atoms with van der Waals surface area (Å²) in [6, 6.07) is 9.55. The SMILES string of the molecule is Cc1[nH]c(C(=O)OCc2ccccc2)c(C)c1CCC(=O)OC(C)(C)C. The Kier molecular flexibility index (Phi) is 6.24. The Morgan fingerprint density at radius 2 is 1.73 bits per heavy atom. The lowest BCUT2D eigenvalue weighted by atomic mass is 10.0. The van der Waals surface area contributed by atoms with Crippen molar-refractivity contribution in [2.24, 2.45) is 0 Å². The van der Waals surface area contributed by atoms with Gasteiger partial charge >= 0.3 is 11.9 Å². The van der Waals surface area contributed by atoms with Crippen LogP contribution in [0.2, 0.25) is 0 Å². The highest BCUT2D eigenvalue weighted by Gasteiger charge is 2.21. The highest BCUT2D eigenvalue weighted by Crippen LogP contribution is 2.21. The quantitative estimate of drug-likeness (QED) is 0.784. The molecule has 1 aromatic heterocycles. The summed E-state index contributed by atoms with van der Waals surface area (Å²) in [5, 5.41) is 0. The fourth-order valence-corrected chi connectivity index (χ4v) is 2.78. The second-order valence-corrected chi connectivity index (χ2v) is 7.38. The molecule has 0 saturated carbocycles. The van der Waals surface area contributed by atoms with E-state index in [0.717, 1.165) is 22.4 Å². The minimum atomic E-state index is -0.494. The standard InChI is InChI=1S/C21H27NO4/c1-14-17(11-12-18(23)26-21(3,4)5)15(2)22-19(14)20(24)25-13-16-9-7-6-8-10-16/h6-10,22H,11-13H2,1-5H3. The summed E-state index contributed by atoms with van der Waals surface area (Å²) in [6.07, 6.45) is 0.796. The van der Waals surface area contributed by atoms with E-state index in [9.17, 15) is 9.59 Å². The maximum atomic E-state index is 12.4. The number of aromatic nitrogens is 1. The number of carbonyl (C=O) groups is 2. The smallest absolute Gasteiger partial charge is 0.355 e. The predicted molar refractivity (Wildman–Crippen MR) is 100.0 cm³/mol. The minimum Gasteiger partial charge on any atom is -0.460 e. The maximum Gasteiger partial charge on any atom is 0.355 e. The summed E-state index contributed by atoms with van der Waals surface area (Å²) in [5.74, 6) is -0.635. The first-order valence-corrected chi connectivity index (χ1v) is 8.78. The number of H-pyrrole nitrogens is 1. The van der Waals surface area contributed by atoms with Crippen molar-refractivity contribution in [3.05, 3.63) is 58.4 Å². The number of hydrogen-bond acceptors (Lipinski definition) is 4. The molecule has 0 saturated heterocycles. The molecular formula is C21H27NO4. The van der Waals surface area contributed by atoms with Crippen molar-refractivity contribution in [3.8, 4) is 0 Å². The molecule has 5 nitrogen and oxygen atoms in total. The second-order valence-electron chi connectivity index (χ2n) is 7.38. The zero-order valence-corrected chi connectivity index (χ0v) is 16.1. The largest absolute Gasteiger partial charge is 0.460 e. The van der Waals surface area contributed by atoms with Crippen LogP contribution in [0, 0.1) is 13.8 Å². The van der Waals surface area contributed by atoms with Crippen LogP contribution >= 0.6 is 0 Å². The van der Waals surface area contributed by atoms with E-state index in [4.69, 9.17) is 9.47 Å². The van der Waals surface area contributed by atoms with Gasteiger partial charge in [0.1, 0.15) is 17.9 Å². The van der Waals surface area contributed by atoms with Crippen LogP contribution in [0.15, 0.2) is 30.3 Å². The second kappa shape index (κ2) is 8.21. The third-order valence-electron chi connectivity index (χ3n) is 4.01. The van der Waals surface area contributed by atoms with Gasteiger partial charge in [-0.05, 0) is 57.7 Å². The number of aryl methyl sites for hydroxylation is 1. The van der Waals surface area contributed by atoms with Crippen LogP contribution in [0.5, 0.6) is 0 Å². The molecule has 0 radical (unpaired) electrons. The molecule has 5 heteroatoms. The number of nitrogens with one attached hydrogen (secondary N) is 1. The average molecular weight is 357 g/mol. The van der Waals surface area contributed by atoms with Crippen LogP contribution in [0.1, 0.15) is 60.1 Å². The summed E-state index contributed by atoms with van der Waals surface area (Å²) >= 11 is 0. The van der Waals surface area contributed by atoms with Crippen LogP contribution < -0.4 is 0 Å². The molecule has 2 aromatic rings. The zero-order valence-electron chi connectivity index (χ0n) is 16.1. The summed E-state index contributed by atoms with van der Waals surface area (Å²) in [6.45, 7) is 9.53. The van der Waals surface area contributed by atoms with E-state index in [1.165, 1.54) is 0 Å². The molecule has 1 N–H and O–H groups in total. The highest BCUT2D eigenvalue weighted by atomic mass is 16.6. The van der Waals surface area contributed by atoms with E-state index < -0.39 is 11.6 Å².